The third-order valence-electron chi connectivity index (χ3n) is 4.15. The average Bonchev–Trinajstić information content (AvgIpc) is 2.93. The zero-order valence-electron chi connectivity index (χ0n) is 13.0. The van der Waals surface area contributed by atoms with E-state index in [-0.39, 0.29) is 12.3 Å². The lowest BCUT2D eigenvalue weighted by molar-refractivity contribution is -0.151. The highest BCUT2D eigenvalue weighted by Gasteiger charge is 2.36. The summed E-state index contributed by atoms with van der Waals surface area (Å²) < 4.78 is 5.77. The van der Waals surface area contributed by atoms with E-state index in [0.717, 1.165) is 17.9 Å². The van der Waals surface area contributed by atoms with Gasteiger partial charge in [-0.05, 0) is 38.3 Å². The molecule has 1 fully saturated rings. The molecular weight excluding hydrogens is 270 g/mol. The van der Waals surface area contributed by atoms with Gasteiger partial charge >= 0.3 is 5.97 Å². The quantitative estimate of drug-likeness (QED) is 0.875. The molecule has 0 bridgehead atoms. The largest absolute Gasteiger partial charge is 0.481 e. The Labute approximate surface area is 124 Å². The van der Waals surface area contributed by atoms with E-state index in [1.165, 1.54) is 4.90 Å². The van der Waals surface area contributed by atoms with Crippen LogP contribution >= 0.6 is 0 Å². The van der Waals surface area contributed by atoms with Crippen molar-refractivity contribution in [3.05, 3.63) is 23.7 Å². The highest BCUT2D eigenvalue weighted by molar-refractivity contribution is 5.84. The van der Waals surface area contributed by atoms with Crippen LogP contribution in [-0.4, -0.2) is 28.9 Å². The van der Waals surface area contributed by atoms with E-state index in [1.54, 1.807) is 20.9 Å². The van der Waals surface area contributed by atoms with Gasteiger partial charge in [0.15, 0.2) is 0 Å². The van der Waals surface area contributed by atoms with Gasteiger partial charge in [0.2, 0.25) is 5.91 Å². The third-order valence-corrected chi connectivity index (χ3v) is 4.15. The van der Waals surface area contributed by atoms with Gasteiger partial charge in [-0.1, -0.05) is 6.92 Å². The monoisotopic (exact) mass is 293 g/mol. The number of carbonyl (C=O) groups excluding carboxylic acids is 1. The maximum atomic E-state index is 12.1. The second-order valence-electron chi connectivity index (χ2n) is 6.74. The number of carboxylic acid groups (broad SMARTS) is 1. The molecule has 1 aromatic heterocycles. The number of hydrogen-bond donors (Lipinski definition) is 1. The first-order valence-corrected chi connectivity index (χ1v) is 7.26. The number of carbonyl (C=O) groups is 2. The van der Waals surface area contributed by atoms with Gasteiger partial charge in [0, 0.05) is 19.4 Å². The van der Waals surface area contributed by atoms with Crippen LogP contribution in [0, 0.1) is 11.3 Å². The molecule has 1 N–H and O–H groups in total. The van der Waals surface area contributed by atoms with Crippen LogP contribution in [0.3, 0.4) is 0 Å². The lowest BCUT2D eigenvalue weighted by Gasteiger charge is -2.22. The van der Waals surface area contributed by atoms with Crippen molar-refractivity contribution in [2.24, 2.45) is 11.3 Å². The Kier molecular flexibility index (Phi) is 4.12. The molecule has 1 aliphatic rings. The van der Waals surface area contributed by atoms with E-state index < -0.39 is 11.4 Å². The van der Waals surface area contributed by atoms with Crippen molar-refractivity contribution < 1.29 is 19.1 Å². The highest BCUT2D eigenvalue weighted by atomic mass is 16.4. The van der Waals surface area contributed by atoms with E-state index in [9.17, 15) is 9.59 Å². The summed E-state index contributed by atoms with van der Waals surface area (Å²) >= 11 is 0. The first-order valence-electron chi connectivity index (χ1n) is 7.26. The van der Waals surface area contributed by atoms with Crippen LogP contribution in [-0.2, 0) is 16.1 Å². The fraction of sp³-hybridized carbons (Fsp3) is 0.625. The van der Waals surface area contributed by atoms with Crippen LogP contribution in [0.2, 0.25) is 0 Å². The van der Waals surface area contributed by atoms with E-state index in [1.807, 2.05) is 12.1 Å². The SMILES string of the molecule is CC1CC1c1ccc(CN(C)C(=O)CC(C)(C)C(=O)O)o1. The lowest BCUT2D eigenvalue weighted by Crippen LogP contribution is -2.34. The molecule has 0 radical (unpaired) electrons. The molecule has 21 heavy (non-hydrogen) atoms. The van der Waals surface area contributed by atoms with Gasteiger partial charge in [-0.3, -0.25) is 9.59 Å². The Hall–Kier alpha value is -1.78. The minimum atomic E-state index is -1.05. The predicted octanol–water partition coefficient (Wildman–Crippen LogP) is 2.86. The summed E-state index contributed by atoms with van der Waals surface area (Å²) in [6.45, 7) is 5.67. The molecule has 1 aliphatic carbocycles. The third kappa shape index (κ3) is 3.65. The topological polar surface area (TPSA) is 70.8 Å². The Balaban J connectivity index is 1.91. The summed E-state index contributed by atoms with van der Waals surface area (Å²) in [5.74, 6) is 1.77. The minimum absolute atomic E-state index is 0.0218. The van der Waals surface area contributed by atoms with E-state index >= 15 is 0 Å². The molecule has 1 amide bonds. The summed E-state index contributed by atoms with van der Waals surface area (Å²) in [6.07, 6.45) is 1.14. The molecule has 2 rings (SSSR count). The van der Waals surface area contributed by atoms with Gasteiger partial charge in [0.25, 0.3) is 0 Å². The second-order valence-corrected chi connectivity index (χ2v) is 6.74. The molecule has 1 heterocycles. The molecular formula is C16H23NO4. The van der Waals surface area contributed by atoms with Crippen LogP contribution in [0.1, 0.15) is 51.1 Å². The van der Waals surface area contributed by atoms with Crippen LogP contribution in [0.15, 0.2) is 16.5 Å². The Morgan fingerprint density at radius 2 is 2.05 bits per heavy atom. The average molecular weight is 293 g/mol. The van der Waals surface area contributed by atoms with Crippen LogP contribution in [0.5, 0.6) is 0 Å². The van der Waals surface area contributed by atoms with Crippen molar-refractivity contribution in [3.8, 4) is 0 Å². The number of aliphatic carboxylic acids is 1. The second kappa shape index (κ2) is 5.54. The number of carboxylic acids is 1. The smallest absolute Gasteiger partial charge is 0.309 e. The van der Waals surface area contributed by atoms with E-state index in [0.29, 0.717) is 18.4 Å². The number of amides is 1. The van der Waals surface area contributed by atoms with Crippen molar-refractivity contribution in [1.82, 2.24) is 4.90 Å². The van der Waals surface area contributed by atoms with Crippen molar-refractivity contribution >= 4 is 11.9 Å². The summed E-state index contributed by atoms with van der Waals surface area (Å²) in [5.41, 5.74) is -1.05. The molecule has 5 nitrogen and oxygen atoms in total. The van der Waals surface area contributed by atoms with Crippen molar-refractivity contribution in [3.63, 3.8) is 0 Å². The molecule has 5 heteroatoms. The number of nitrogens with zero attached hydrogens (tertiary/aromatic N) is 1. The molecule has 1 aromatic rings. The fourth-order valence-corrected chi connectivity index (χ4v) is 2.31. The minimum Gasteiger partial charge on any atom is -0.481 e. The maximum Gasteiger partial charge on any atom is 0.309 e. The molecule has 116 valence electrons. The van der Waals surface area contributed by atoms with E-state index in [2.05, 4.69) is 6.92 Å². The number of rotatable bonds is 6. The van der Waals surface area contributed by atoms with Gasteiger partial charge in [-0.2, -0.15) is 0 Å². The first-order chi connectivity index (χ1) is 9.70. The van der Waals surface area contributed by atoms with Gasteiger partial charge in [0.05, 0.1) is 12.0 Å². The Morgan fingerprint density at radius 3 is 2.57 bits per heavy atom. The summed E-state index contributed by atoms with van der Waals surface area (Å²) in [7, 11) is 1.67. The van der Waals surface area contributed by atoms with E-state index in [4.69, 9.17) is 9.52 Å². The zero-order chi connectivity index (χ0) is 15.8. The van der Waals surface area contributed by atoms with Gasteiger partial charge in [0.1, 0.15) is 11.5 Å². The van der Waals surface area contributed by atoms with Crippen molar-refractivity contribution in [2.75, 3.05) is 7.05 Å². The summed E-state index contributed by atoms with van der Waals surface area (Å²) in [5, 5.41) is 9.07. The molecule has 0 aliphatic heterocycles. The highest BCUT2D eigenvalue weighted by Crippen LogP contribution is 2.47. The maximum absolute atomic E-state index is 12.1. The molecule has 0 spiro atoms. The molecule has 1 saturated carbocycles. The molecule has 0 aromatic carbocycles. The fourth-order valence-electron chi connectivity index (χ4n) is 2.31. The van der Waals surface area contributed by atoms with Crippen LogP contribution in [0.4, 0.5) is 0 Å². The van der Waals surface area contributed by atoms with Crippen LogP contribution < -0.4 is 0 Å². The van der Waals surface area contributed by atoms with Gasteiger partial charge in [-0.15, -0.1) is 0 Å². The normalized spacial score (nSPS) is 21.1. The molecule has 2 unspecified atom stereocenters. The number of furan rings is 1. The molecule has 0 saturated heterocycles. The first kappa shape index (κ1) is 15.6. The van der Waals surface area contributed by atoms with Gasteiger partial charge < -0.3 is 14.4 Å². The lowest BCUT2D eigenvalue weighted by atomic mass is 9.89. The Bertz CT molecular complexity index is 546. The summed E-state index contributed by atoms with van der Waals surface area (Å²) in [6, 6.07) is 3.87. The Morgan fingerprint density at radius 1 is 1.43 bits per heavy atom. The van der Waals surface area contributed by atoms with Gasteiger partial charge in [-0.25, -0.2) is 0 Å². The standard InChI is InChI=1S/C16H23NO4/c1-10-7-12(10)13-6-5-11(21-13)9-17(4)14(18)8-16(2,3)15(19)20/h5-6,10,12H,7-9H2,1-4H3,(H,19,20). The van der Waals surface area contributed by atoms with Crippen LogP contribution in [0.25, 0.3) is 0 Å². The predicted molar refractivity (Wildman–Crippen MR) is 77.7 cm³/mol. The van der Waals surface area contributed by atoms with Crippen molar-refractivity contribution in [2.45, 2.75) is 46.1 Å². The zero-order valence-corrected chi connectivity index (χ0v) is 13.0. The van der Waals surface area contributed by atoms with Crippen molar-refractivity contribution in [1.29, 1.82) is 0 Å². The summed E-state index contributed by atoms with van der Waals surface area (Å²) in [4.78, 5) is 24.7. The molecule has 2 atom stereocenters. The number of hydrogen-bond acceptors (Lipinski definition) is 3.